The summed E-state index contributed by atoms with van der Waals surface area (Å²) in [6, 6.07) is 6.79. The third-order valence-electron chi connectivity index (χ3n) is 4.22. The molecule has 1 atom stereocenters. The van der Waals surface area contributed by atoms with Gasteiger partial charge in [-0.3, -0.25) is 4.79 Å². The topological polar surface area (TPSA) is 46.3 Å². The van der Waals surface area contributed by atoms with Crippen molar-refractivity contribution in [2.45, 2.75) is 38.4 Å². The molecule has 7 heteroatoms. The molecule has 124 valence electrons. The maximum Gasteiger partial charge on any atom is 0.394 e. The number of anilines is 1. The Morgan fingerprint density at radius 1 is 1.32 bits per heavy atom. The zero-order chi connectivity index (χ0) is 15.8. The van der Waals surface area contributed by atoms with E-state index >= 15 is 0 Å². The zero-order valence-corrected chi connectivity index (χ0v) is 13.3. The normalized spacial score (nSPS) is 20.6. The quantitative estimate of drug-likeness (QED) is 0.841. The van der Waals surface area contributed by atoms with Crippen LogP contribution in [0.3, 0.4) is 0 Å². The molecule has 1 heterocycles. The average Bonchev–Trinajstić information content (AvgIpc) is 2.67. The molecule has 1 aromatic rings. The fourth-order valence-corrected chi connectivity index (χ4v) is 3.00. The van der Waals surface area contributed by atoms with Gasteiger partial charge in [-0.2, -0.15) is 13.2 Å². The van der Waals surface area contributed by atoms with Crippen LogP contribution in [0.15, 0.2) is 24.3 Å². The van der Waals surface area contributed by atoms with Gasteiger partial charge in [0.2, 0.25) is 5.91 Å². The molecule has 0 aliphatic carbocycles. The molecule has 1 aliphatic heterocycles. The number of rotatable bonds is 2. The van der Waals surface area contributed by atoms with Crippen molar-refractivity contribution in [3.63, 3.8) is 0 Å². The summed E-state index contributed by atoms with van der Waals surface area (Å²) >= 11 is 0. The summed E-state index contributed by atoms with van der Waals surface area (Å²) in [4.78, 5) is 13.7. The van der Waals surface area contributed by atoms with Crippen molar-refractivity contribution in [1.29, 1.82) is 0 Å². The lowest BCUT2D eigenvalue weighted by atomic mass is 9.87. The van der Waals surface area contributed by atoms with E-state index in [-0.39, 0.29) is 37.7 Å². The number of hydrogen-bond acceptors (Lipinski definition) is 2. The number of halogens is 4. The lowest BCUT2D eigenvalue weighted by Gasteiger charge is -2.36. The lowest BCUT2D eigenvalue weighted by molar-refractivity contribution is -0.192. The maximum atomic E-state index is 13.0. The second-order valence-electron chi connectivity index (χ2n) is 6.00. The molecule has 0 bridgehead atoms. The van der Waals surface area contributed by atoms with Gasteiger partial charge in [0.05, 0.1) is 12.3 Å². The molecular weight excluding hydrogens is 317 g/mol. The highest BCUT2D eigenvalue weighted by Crippen LogP contribution is 2.44. The number of amides is 1. The first-order chi connectivity index (χ1) is 9.62. The summed E-state index contributed by atoms with van der Waals surface area (Å²) in [7, 11) is 0. The highest BCUT2D eigenvalue weighted by atomic mass is 35.5. The fraction of sp³-hybridized carbons (Fsp3) is 0.533. The molecular formula is C15H20ClF3N2O. The van der Waals surface area contributed by atoms with Gasteiger partial charge in [0.15, 0.2) is 0 Å². The van der Waals surface area contributed by atoms with Crippen molar-refractivity contribution in [3.8, 4) is 0 Å². The van der Waals surface area contributed by atoms with Gasteiger partial charge < -0.3 is 10.6 Å². The smallest absolute Gasteiger partial charge is 0.394 e. The minimum absolute atomic E-state index is 0. The summed E-state index contributed by atoms with van der Waals surface area (Å²) in [6.07, 6.45) is -4.22. The van der Waals surface area contributed by atoms with Gasteiger partial charge in [-0.1, -0.05) is 12.1 Å². The lowest BCUT2D eigenvalue weighted by Crippen LogP contribution is -2.50. The Morgan fingerprint density at radius 3 is 2.32 bits per heavy atom. The maximum absolute atomic E-state index is 13.0. The fourth-order valence-electron chi connectivity index (χ4n) is 3.00. The molecule has 3 nitrogen and oxygen atoms in total. The number of likely N-dealkylation sites (tertiary alicyclic amines) is 1. The first-order valence-corrected chi connectivity index (χ1v) is 6.84. The van der Waals surface area contributed by atoms with Crippen molar-refractivity contribution >= 4 is 24.0 Å². The largest absolute Gasteiger partial charge is 0.399 e. The van der Waals surface area contributed by atoms with Crippen LogP contribution in [-0.2, 0) is 11.2 Å². The summed E-state index contributed by atoms with van der Waals surface area (Å²) in [5.74, 6) is -1.75. The van der Waals surface area contributed by atoms with E-state index in [9.17, 15) is 18.0 Å². The van der Waals surface area contributed by atoms with Crippen LogP contribution in [0.5, 0.6) is 0 Å². The molecule has 1 unspecified atom stereocenters. The monoisotopic (exact) mass is 336 g/mol. The number of carbonyl (C=O) groups is 1. The van der Waals surface area contributed by atoms with Crippen molar-refractivity contribution in [1.82, 2.24) is 4.90 Å². The Bertz CT molecular complexity index is 529. The van der Waals surface area contributed by atoms with E-state index in [1.165, 1.54) is 18.7 Å². The Hall–Kier alpha value is -1.43. The van der Waals surface area contributed by atoms with E-state index in [2.05, 4.69) is 0 Å². The molecule has 1 aliphatic rings. The van der Waals surface area contributed by atoms with Gasteiger partial charge in [0.25, 0.3) is 0 Å². The predicted molar refractivity (Wildman–Crippen MR) is 81.8 cm³/mol. The molecule has 22 heavy (non-hydrogen) atoms. The Morgan fingerprint density at radius 2 is 1.86 bits per heavy atom. The van der Waals surface area contributed by atoms with E-state index in [1.807, 2.05) is 0 Å². The number of nitrogen functional groups attached to an aromatic ring is 1. The molecule has 2 N–H and O–H groups in total. The van der Waals surface area contributed by atoms with Gasteiger partial charge in [-0.15, -0.1) is 12.4 Å². The first kappa shape index (κ1) is 18.6. The average molecular weight is 337 g/mol. The molecule has 0 aromatic heterocycles. The zero-order valence-electron chi connectivity index (χ0n) is 12.5. The Labute approximate surface area is 134 Å². The minimum Gasteiger partial charge on any atom is -0.399 e. The number of benzene rings is 1. The highest BCUT2D eigenvalue weighted by Gasteiger charge is 2.55. The molecule has 1 fully saturated rings. The van der Waals surface area contributed by atoms with Gasteiger partial charge in [0.1, 0.15) is 0 Å². The SMILES string of the molecule is CC1(C)C(C(F)(F)F)CCN1C(=O)Cc1ccc(N)cc1.Cl. The minimum atomic E-state index is -4.28. The van der Waals surface area contributed by atoms with Crippen LogP contribution in [-0.4, -0.2) is 29.1 Å². The first-order valence-electron chi connectivity index (χ1n) is 6.84. The van der Waals surface area contributed by atoms with Crippen molar-refractivity contribution in [2.75, 3.05) is 12.3 Å². The molecule has 2 rings (SSSR count). The molecule has 1 saturated heterocycles. The summed E-state index contributed by atoms with van der Waals surface area (Å²) in [5, 5.41) is 0. The molecule has 1 amide bonds. The third kappa shape index (κ3) is 3.66. The van der Waals surface area contributed by atoms with Gasteiger partial charge in [-0.05, 0) is 38.0 Å². The second kappa shape index (κ2) is 6.36. The van der Waals surface area contributed by atoms with Crippen LogP contribution in [0.4, 0.5) is 18.9 Å². The molecule has 0 saturated carbocycles. The molecule has 1 aromatic carbocycles. The van der Waals surface area contributed by atoms with E-state index in [4.69, 9.17) is 5.73 Å². The Kier molecular flexibility index (Phi) is 5.38. The number of hydrogen-bond donors (Lipinski definition) is 1. The van der Waals surface area contributed by atoms with E-state index in [0.717, 1.165) is 5.56 Å². The summed E-state index contributed by atoms with van der Waals surface area (Å²) < 4.78 is 39.0. The summed E-state index contributed by atoms with van der Waals surface area (Å²) in [6.45, 7) is 3.11. The van der Waals surface area contributed by atoms with E-state index < -0.39 is 17.6 Å². The number of carbonyl (C=O) groups excluding carboxylic acids is 1. The second-order valence-corrected chi connectivity index (χ2v) is 6.00. The van der Waals surface area contributed by atoms with Crippen LogP contribution < -0.4 is 5.73 Å². The highest BCUT2D eigenvalue weighted by molar-refractivity contribution is 5.85. The Balaban J connectivity index is 0.00000242. The van der Waals surface area contributed by atoms with Crippen LogP contribution in [0.1, 0.15) is 25.8 Å². The molecule has 0 radical (unpaired) electrons. The van der Waals surface area contributed by atoms with E-state index in [1.54, 1.807) is 24.3 Å². The van der Waals surface area contributed by atoms with Crippen LogP contribution in [0.25, 0.3) is 0 Å². The van der Waals surface area contributed by atoms with Gasteiger partial charge in [0, 0.05) is 17.8 Å². The van der Waals surface area contributed by atoms with Crippen LogP contribution >= 0.6 is 12.4 Å². The van der Waals surface area contributed by atoms with Crippen molar-refractivity contribution in [2.24, 2.45) is 5.92 Å². The van der Waals surface area contributed by atoms with Crippen LogP contribution in [0, 0.1) is 5.92 Å². The number of alkyl halides is 3. The molecule has 0 spiro atoms. The van der Waals surface area contributed by atoms with Crippen LogP contribution in [0.2, 0.25) is 0 Å². The standard InChI is InChI=1S/C15H19F3N2O.ClH/c1-14(2)12(15(16,17)18)7-8-20(14)13(21)9-10-3-5-11(19)6-4-10;/h3-6,12H,7-9,19H2,1-2H3;1H. The van der Waals surface area contributed by atoms with Gasteiger partial charge in [-0.25, -0.2) is 0 Å². The van der Waals surface area contributed by atoms with Gasteiger partial charge >= 0.3 is 6.18 Å². The number of nitrogens with two attached hydrogens (primary N) is 1. The summed E-state index contributed by atoms with van der Waals surface area (Å²) in [5.41, 5.74) is 5.70. The van der Waals surface area contributed by atoms with E-state index in [0.29, 0.717) is 5.69 Å². The number of nitrogens with zero attached hydrogens (tertiary/aromatic N) is 1. The third-order valence-corrected chi connectivity index (χ3v) is 4.22. The van der Waals surface area contributed by atoms with Crippen molar-refractivity contribution < 1.29 is 18.0 Å². The predicted octanol–water partition coefficient (Wildman–Crippen LogP) is 3.42. The van der Waals surface area contributed by atoms with Crippen molar-refractivity contribution in [3.05, 3.63) is 29.8 Å².